The van der Waals surface area contributed by atoms with E-state index < -0.39 is 11.4 Å². The minimum Gasteiger partial charge on any atom is -0.396 e. The van der Waals surface area contributed by atoms with E-state index in [2.05, 4.69) is 60.1 Å². The number of nitrogens with one attached hydrogen (secondary N) is 1. The van der Waals surface area contributed by atoms with Gasteiger partial charge in [0.1, 0.15) is 11.6 Å². The van der Waals surface area contributed by atoms with Gasteiger partial charge in [0, 0.05) is 40.7 Å². The van der Waals surface area contributed by atoms with Gasteiger partial charge in [-0.25, -0.2) is 0 Å². The van der Waals surface area contributed by atoms with E-state index in [-0.39, 0.29) is 12.2 Å². The van der Waals surface area contributed by atoms with Crippen LogP contribution in [0.2, 0.25) is 0 Å². The summed E-state index contributed by atoms with van der Waals surface area (Å²) in [7, 11) is 0. The summed E-state index contributed by atoms with van der Waals surface area (Å²) in [5, 5.41) is 23.9. The van der Waals surface area contributed by atoms with Crippen LogP contribution in [0.25, 0.3) is 28.7 Å². The van der Waals surface area contributed by atoms with Crippen molar-refractivity contribution in [1.82, 2.24) is 10.2 Å². The van der Waals surface area contributed by atoms with Crippen LogP contribution in [0.1, 0.15) is 58.3 Å². The molecule has 0 saturated carbocycles. The molecule has 6 heteroatoms. The smallest absolute Gasteiger partial charge is 0.262 e. The Morgan fingerprint density at radius 1 is 1.25 bits per heavy atom. The first kappa shape index (κ1) is 27.4. The third kappa shape index (κ3) is 6.75. The van der Waals surface area contributed by atoms with Gasteiger partial charge in [-0.3, -0.25) is 4.79 Å². The van der Waals surface area contributed by atoms with Crippen molar-refractivity contribution >= 4 is 35.5 Å². The molecule has 0 atom stereocenters. The normalized spacial score (nSPS) is 15.9. The van der Waals surface area contributed by atoms with E-state index in [1.54, 1.807) is 18.3 Å². The molecule has 1 aromatic heterocycles. The number of aliphatic hydroxyl groups excluding tert-OH is 1. The molecule has 2 heterocycles. The predicted molar refractivity (Wildman–Crippen MR) is 150 cm³/mol. The Balaban J connectivity index is 1.86. The molecule has 5 nitrogen and oxygen atoms in total. The van der Waals surface area contributed by atoms with E-state index in [0.717, 1.165) is 38.8 Å². The highest BCUT2D eigenvalue weighted by atomic mass is 32.1. The maximum absolute atomic E-state index is 12.8. The summed E-state index contributed by atoms with van der Waals surface area (Å²) in [6.45, 7) is 14.0. The van der Waals surface area contributed by atoms with Gasteiger partial charge in [-0.1, -0.05) is 24.8 Å². The molecule has 1 fully saturated rings. The molecular weight excluding hydrogens is 466 g/mol. The zero-order valence-corrected chi connectivity index (χ0v) is 22.7. The van der Waals surface area contributed by atoms with E-state index in [0.29, 0.717) is 12.0 Å². The SMILES string of the molecule is C=c1cc(-c2ccc(/C(C)=C(\C#N)C(=O)NC(C)(C)CCO)s2)cc/c1=C/C(=C\C)N1CCCCC1. The Bertz CT molecular complexity index is 1300. The van der Waals surface area contributed by atoms with Crippen LogP contribution in [0.3, 0.4) is 0 Å². The summed E-state index contributed by atoms with van der Waals surface area (Å²) >= 11 is 1.55. The van der Waals surface area contributed by atoms with Crippen molar-refractivity contribution in [1.29, 1.82) is 5.26 Å². The molecule has 2 N–H and O–H groups in total. The molecule has 1 saturated heterocycles. The van der Waals surface area contributed by atoms with Crippen molar-refractivity contribution in [3.63, 3.8) is 0 Å². The number of hydrogen-bond acceptors (Lipinski definition) is 5. The Morgan fingerprint density at radius 3 is 2.58 bits per heavy atom. The molecule has 1 aromatic carbocycles. The molecule has 2 aromatic rings. The fourth-order valence-corrected chi connectivity index (χ4v) is 5.41. The number of amides is 1. The number of rotatable bonds is 8. The summed E-state index contributed by atoms with van der Waals surface area (Å²) in [6.07, 6.45) is 8.60. The van der Waals surface area contributed by atoms with Gasteiger partial charge < -0.3 is 15.3 Å². The van der Waals surface area contributed by atoms with Crippen LogP contribution >= 0.6 is 11.3 Å². The molecule has 0 bridgehead atoms. The molecule has 3 rings (SSSR count). The lowest BCUT2D eigenvalue weighted by atomic mass is 9.99. The van der Waals surface area contributed by atoms with Gasteiger partial charge >= 0.3 is 0 Å². The molecule has 36 heavy (non-hydrogen) atoms. The van der Waals surface area contributed by atoms with Crippen molar-refractivity contribution in [2.45, 2.75) is 58.9 Å². The summed E-state index contributed by atoms with van der Waals surface area (Å²) in [6, 6.07) is 12.4. The summed E-state index contributed by atoms with van der Waals surface area (Å²) < 4.78 is 0. The number of benzene rings is 1. The Labute approximate surface area is 218 Å². The van der Waals surface area contributed by atoms with Crippen molar-refractivity contribution in [2.24, 2.45) is 0 Å². The van der Waals surface area contributed by atoms with Crippen molar-refractivity contribution < 1.29 is 9.90 Å². The van der Waals surface area contributed by atoms with Crippen LogP contribution in [0.4, 0.5) is 0 Å². The molecule has 0 radical (unpaired) electrons. The maximum atomic E-state index is 12.8. The molecular formula is C30H37N3O2S. The molecule has 0 spiro atoms. The molecule has 1 aliphatic rings. The Morgan fingerprint density at radius 2 is 1.97 bits per heavy atom. The van der Waals surface area contributed by atoms with Crippen LogP contribution in [0.15, 0.2) is 47.7 Å². The number of carbonyl (C=O) groups excluding carboxylic acids is 1. The van der Waals surface area contributed by atoms with Gasteiger partial charge in [0.25, 0.3) is 5.91 Å². The van der Waals surface area contributed by atoms with Crippen LogP contribution in [0.5, 0.6) is 0 Å². The molecule has 1 amide bonds. The number of piperidine rings is 1. The molecule has 0 aliphatic carbocycles. The van der Waals surface area contributed by atoms with E-state index >= 15 is 0 Å². The maximum Gasteiger partial charge on any atom is 0.262 e. The van der Waals surface area contributed by atoms with Crippen LogP contribution in [-0.2, 0) is 4.79 Å². The monoisotopic (exact) mass is 503 g/mol. The topological polar surface area (TPSA) is 76.4 Å². The highest BCUT2D eigenvalue weighted by Crippen LogP contribution is 2.32. The summed E-state index contributed by atoms with van der Waals surface area (Å²) in [5.41, 5.74) is 2.45. The zero-order valence-electron chi connectivity index (χ0n) is 21.9. The number of thiophene rings is 1. The van der Waals surface area contributed by atoms with Gasteiger partial charge in [0.2, 0.25) is 0 Å². The zero-order chi connectivity index (χ0) is 26.3. The highest BCUT2D eigenvalue weighted by Gasteiger charge is 2.23. The number of carbonyl (C=O) groups is 1. The second-order valence-electron chi connectivity index (χ2n) is 9.91. The van der Waals surface area contributed by atoms with E-state index in [1.807, 2.05) is 26.0 Å². The lowest BCUT2D eigenvalue weighted by Crippen LogP contribution is -2.44. The number of hydrogen-bond donors (Lipinski definition) is 2. The lowest BCUT2D eigenvalue weighted by Gasteiger charge is -2.29. The van der Waals surface area contributed by atoms with Crippen molar-refractivity contribution in [3.05, 3.63) is 63.0 Å². The van der Waals surface area contributed by atoms with E-state index in [1.165, 1.54) is 25.0 Å². The molecule has 0 unspecified atom stereocenters. The van der Waals surface area contributed by atoms with Gasteiger partial charge in [0.15, 0.2) is 0 Å². The minimum atomic E-state index is -0.598. The van der Waals surface area contributed by atoms with Crippen LogP contribution < -0.4 is 15.8 Å². The predicted octanol–water partition coefficient (Wildman–Crippen LogP) is 4.57. The fraction of sp³-hybridized carbons (Fsp3) is 0.400. The largest absolute Gasteiger partial charge is 0.396 e. The number of aliphatic hydroxyl groups is 1. The second kappa shape index (κ2) is 12.2. The van der Waals surface area contributed by atoms with Crippen LogP contribution in [0, 0.1) is 11.3 Å². The molecule has 190 valence electrons. The second-order valence-corrected chi connectivity index (χ2v) is 11.0. The summed E-state index contributed by atoms with van der Waals surface area (Å²) in [5.74, 6) is -0.420. The average molecular weight is 504 g/mol. The summed E-state index contributed by atoms with van der Waals surface area (Å²) in [4.78, 5) is 17.2. The molecule has 1 aliphatic heterocycles. The van der Waals surface area contributed by atoms with Gasteiger partial charge in [0.05, 0.1) is 0 Å². The third-order valence-corrected chi connectivity index (χ3v) is 7.88. The first-order valence-electron chi connectivity index (χ1n) is 12.6. The van der Waals surface area contributed by atoms with Crippen molar-refractivity contribution in [2.75, 3.05) is 19.7 Å². The lowest BCUT2D eigenvalue weighted by molar-refractivity contribution is -0.118. The number of nitrogens with zero attached hydrogens (tertiary/aromatic N) is 2. The first-order valence-corrected chi connectivity index (χ1v) is 13.4. The average Bonchev–Trinajstić information content (AvgIpc) is 3.34. The standard InChI is InChI=1S/C30H37N3O2S/c1-6-25(33-15-8-7-9-16-33)19-23-10-11-24(18-21(23)2)28-13-12-27(36-28)22(3)26(20-31)29(35)32-30(4,5)14-17-34/h6,10-13,18-19,34H,2,7-9,14-17H2,1,3-5H3,(H,32,35)/b23-19-,25-6+,26-22+. The number of nitriles is 1. The third-order valence-electron chi connectivity index (χ3n) is 6.63. The quantitative estimate of drug-likeness (QED) is 0.409. The van der Waals surface area contributed by atoms with E-state index in [4.69, 9.17) is 0 Å². The Hall–Kier alpha value is -3.14. The number of likely N-dealkylation sites (tertiary alicyclic amines) is 1. The Kier molecular flexibility index (Phi) is 9.31. The minimum absolute atomic E-state index is 0.0364. The van der Waals surface area contributed by atoms with Gasteiger partial charge in [-0.05, 0) is 99.2 Å². The van der Waals surface area contributed by atoms with E-state index in [9.17, 15) is 15.2 Å². The number of allylic oxidation sites excluding steroid dienone is 3. The fourth-order valence-electron chi connectivity index (χ4n) is 4.40. The van der Waals surface area contributed by atoms with Gasteiger partial charge in [-0.15, -0.1) is 11.3 Å². The van der Waals surface area contributed by atoms with Crippen LogP contribution in [-0.4, -0.2) is 41.1 Å². The van der Waals surface area contributed by atoms with Gasteiger partial charge in [-0.2, -0.15) is 5.26 Å². The highest BCUT2D eigenvalue weighted by molar-refractivity contribution is 7.16. The van der Waals surface area contributed by atoms with Crippen molar-refractivity contribution in [3.8, 4) is 16.5 Å². The first-order chi connectivity index (χ1) is 17.2.